The number of ether oxygens (including phenoxy) is 3. The molecule has 0 N–H and O–H groups in total. The van der Waals surface area contributed by atoms with E-state index < -0.39 is 0 Å². The van der Waals surface area contributed by atoms with Gasteiger partial charge in [-0.2, -0.15) is 0 Å². The van der Waals surface area contributed by atoms with Crippen LogP contribution in [0, 0.1) is 0 Å². The first kappa shape index (κ1) is 36.1. The van der Waals surface area contributed by atoms with Crippen molar-refractivity contribution in [3.63, 3.8) is 0 Å². The molecule has 0 saturated carbocycles. The second kappa shape index (κ2) is 13.7. The fourth-order valence-electron chi connectivity index (χ4n) is 11.0. The lowest BCUT2D eigenvalue weighted by Crippen LogP contribution is -1.97. The third-order valence-electron chi connectivity index (χ3n) is 14.2. The molecule has 10 aromatic rings. The summed E-state index contributed by atoms with van der Waals surface area (Å²) >= 11 is 0. The van der Waals surface area contributed by atoms with Gasteiger partial charge in [0.05, 0.1) is 21.3 Å². The van der Waals surface area contributed by atoms with Crippen molar-refractivity contribution in [2.24, 2.45) is 0 Å². The average Bonchev–Trinajstić information content (AvgIpc) is 4.03. The molecule has 63 heavy (non-hydrogen) atoms. The van der Waals surface area contributed by atoms with E-state index in [2.05, 4.69) is 164 Å². The van der Waals surface area contributed by atoms with Crippen molar-refractivity contribution >= 4 is 32.3 Å². The van der Waals surface area contributed by atoms with Crippen molar-refractivity contribution in [3.8, 4) is 84.0 Å². The van der Waals surface area contributed by atoms with Crippen molar-refractivity contribution in [3.05, 3.63) is 197 Å². The smallest absolute Gasteiger partial charge is 0.119 e. The van der Waals surface area contributed by atoms with Gasteiger partial charge >= 0.3 is 0 Å². The third kappa shape index (κ3) is 5.59. The Hall–Kier alpha value is -7.62. The maximum atomic E-state index is 5.53. The molecule has 10 aromatic carbocycles. The summed E-state index contributed by atoms with van der Waals surface area (Å²) in [7, 11) is 5.18. The van der Waals surface area contributed by atoms with E-state index in [-0.39, 0.29) is 0 Å². The van der Waals surface area contributed by atoms with Crippen LogP contribution in [0.4, 0.5) is 0 Å². The third-order valence-corrected chi connectivity index (χ3v) is 14.2. The fraction of sp³-hybridized carbons (Fsp3) is 0.100. The van der Waals surface area contributed by atoms with Gasteiger partial charge in [-0.3, -0.25) is 0 Å². The molecule has 3 aliphatic rings. The summed E-state index contributed by atoms with van der Waals surface area (Å²) in [5.74, 6) is 2.64. The molecule has 0 aliphatic heterocycles. The van der Waals surface area contributed by atoms with Crippen molar-refractivity contribution in [2.45, 2.75) is 19.3 Å². The Morgan fingerprint density at radius 3 is 0.825 bits per heavy atom. The lowest BCUT2D eigenvalue weighted by Gasteiger charge is -2.18. The zero-order valence-electron chi connectivity index (χ0n) is 35.4. The van der Waals surface area contributed by atoms with Gasteiger partial charge in [0.1, 0.15) is 17.2 Å². The summed E-state index contributed by atoms with van der Waals surface area (Å²) in [6.45, 7) is 0. The molecule has 0 heterocycles. The molecule has 0 saturated heterocycles. The van der Waals surface area contributed by atoms with Crippen LogP contribution in [0.3, 0.4) is 0 Å². The molecule has 0 radical (unpaired) electrons. The SMILES string of the molecule is COc1ccc2cc(-c3ccc4c(c3)-c3c(c5c(c6c3Cc3ccc(-c7ccc8cc(OC)ccc8c7)cc3-6)Cc3ccc(-c6ccc7cc(OC)ccc7c6)cc3-5)C4)ccc2c1. The number of rotatable bonds is 6. The van der Waals surface area contributed by atoms with E-state index in [1.165, 1.54) is 132 Å². The van der Waals surface area contributed by atoms with Gasteiger partial charge in [-0.1, -0.05) is 91.0 Å². The number of fused-ring (bicyclic) bond motifs is 15. The Kier molecular flexibility index (Phi) is 7.84. The molecular formula is C60H42O3. The summed E-state index contributed by atoms with van der Waals surface area (Å²) in [5.41, 5.74) is 24.6. The molecule has 3 heteroatoms. The minimum absolute atomic E-state index is 0.879. The highest BCUT2D eigenvalue weighted by Gasteiger charge is 2.37. The van der Waals surface area contributed by atoms with Crippen molar-refractivity contribution in [2.75, 3.05) is 21.3 Å². The zero-order chi connectivity index (χ0) is 41.9. The molecule has 0 amide bonds. The average molecular weight is 811 g/mol. The molecule has 13 rings (SSSR count). The summed E-state index contributed by atoms with van der Waals surface area (Å²) in [4.78, 5) is 0. The largest absolute Gasteiger partial charge is 0.497 e. The lowest BCUT2D eigenvalue weighted by molar-refractivity contribution is 0.415. The summed E-state index contributed by atoms with van der Waals surface area (Å²) < 4.78 is 16.6. The summed E-state index contributed by atoms with van der Waals surface area (Å²) in [6, 6.07) is 61.0. The molecule has 0 atom stereocenters. The highest BCUT2D eigenvalue weighted by molar-refractivity contribution is 6.03. The number of methoxy groups -OCH3 is 3. The molecular weight excluding hydrogens is 769 g/mol. The van der Waals surface area contributed by atoms with Gasteiger partial charge in [-0.25, -0.2) is 0 Å². The van der Waals surface area contributed by atoms with Crippen molar-refractivity contribution < 1.29 is 14.2 Å². The van der Waals surface area contributed by atoms with Crippen LogP contribution in [-0.4, -0.2) is 21.3 Å². The zero-order valence-corrected chi connectivity index (χ0v) is 35.4. The van der Waals surface area contributed by atoms with Gasteiger partial charge < -0.3 is 14.2 Å². The predicted octanol–water partition coefficient (Wildman–Crippen LogP) is 14.9. The van der Waals surface area contributed by atoms with E-state index in [9.17, 15) is 0 Å². The minimum atomic E-state index is 0.879. The summed E-state index contributed by atoms with van der Waals surface area (Å²) in [6.07, 6.45) is 2.80. The van der Waals surface area contributed by atoms with Crippen LogP contribution in [-0.2, 0) is 19.3 Å². The van der Waals surface area contributed by atoms with E-state index in [0.29, 0.717) is 0 Å². The van der Waals surface area contributed by atoms with E-state index in [0.717, 1.165) is 36.5 Å². The van der Waals surface area contributed by atoms with E-state index in [4.69, 9.17) is 14.2 Å². The monoisotopic (exact) mass is 810 g/mol. The van der Waals surface area contributed by atoms with Crippen LogP contribution in [0.1, 0.15) is 33.4 Å². The maximum absolute atomic E-state index is 5.53. The van der Waals surface area contributed by atoms with E-state index in [1.807, 2.05) is 0 Å². The van der Waals surface area contributed by atoms with Crippen LogP contribution >= 0.6 is 0 Å². The van der Waals surface area contributed by atoms with Crippen LogP contribution in [0.5, 0.6) is 17.2 Å². The molecule has 0 spiro atoms. The highest BCUT2D eigenvalue weighted by atomic mass is 16.5. The van der Waals surface area contributed by atoms with Gasteiger partial charge in [0.15, 0.2) is 0 Å². The second-order valence-corrected chi connectivity index (χ2v) is 17.5. The standard InChI is InChI=1S/C60H42O3/c1-61-49-19-16-37-22-34(4-7-40(37)25-49)43-10-13-46-31-55-58(52(46)28-43)56-32-47-14-11-44(35-5-8-41-26-50(62-2)20-17-38(41)23-35)29-53(47)60(56)57-33-48-15-12-45(30-54(48)59(55)57)36-6-9-42-27-51(63-3)21-18-39(42)24-36/h4-30H,31-33H2,1-3H3. The Bertz CT molecular complexity index is 3210. The van der Waals surface area contributed by atoms with Gasteiger partial charge in [0, 0.05) is 0 Å². The normalized spacial score (nSPS) is 12.8. The molecule has 3 aliphatic carbocycles. The topological polar surface area (TPSA) is 27.7 Å². The Labute approximate surface area is 366 Å². The van der Waals surface area contributed by atoms with Gasteiger partial charge in [0.2, 0.25) is 0 Å². The van der Waals surface area contributed by atoms with Crippen LogP contribution in [0.2, 0.25) is 0 Å². The number of hydrogen-bond donors (Lipinski definition) is 0. The number of hydrogen-bond acceptors (Lipinski definition) is 3. The second-order valence-electron chi connectivity index (χ2n) is 17.5. The molecule has 0 aromatic heterocycles. The van der Waals surface area contributed by atoms with Crippen LogP contribution < -0.4 is 14.2 Å². The Morgan fingerprint density at radius 1 is 0.270 bits per heavy atom. The van der Waals surface area contributed by atoms with Gasteiger partial charge in [-0.15, -0.1) is 0 Å². The van der Waals surface area contributed by atoms with Crippen molar-refractivity contribution in [1.82, 2.24) is 0 Å². The Morgan fingerprint density at radius 2 is 0.524 bits per heavy atom. The van der Waals surface area contributed by atoms with Crippen LogP contribution in [0.15, 0.2) is 164 Å². The van der Waals surface area contributed by atoms with Gasteiger partial charge in [-0.05, 0) is 225 Å². The van der Waals surface area contributed by atoms with Crippen LogP contribution in [0.25, 0.3) is 99.1 Å². The minimum Gasteiger partial charge on any atom is -0.497 e. The fourth-order valence-corrected chi connectivity index (χ4v) is 11.0. The first-order valence-electron chi connectivity index (χ1n) is 21.9. The quantitative estimate of drug-likeness (QED) is 0.167. The highest BCUT2D eigenvalue weighted by Crippen LogP contribution is 2.57. The van der Waals surface area contributed by atoms with Crippen molar-refractivity contribution in [1.29, 1.82) is 0 Å². The molecule has 0 fully saturated rings. The van der Waals surface area contributed by atoms with E-state index >= 15 is 0 Å². The lowest BCUT2D eigenvalue weighted by atomic mass is 9.85. The molecule has 3 nitrogen and oxygen atoms in total. The molecule has 0 unspecified atom stereocenters. The molecule has 0 bridgehead atoms. The Balaban J connectivity index is 0.990. The summed E-state index contributed by atoms with van der Waals surface area (Å²) in [5, 5.41) is 7.18. The first-order chi connectivity index (χ1) is 31.0. The number of benzene rings is 10. The molecule has 300 valence electrons. The maximum Gasteiger partial charge on any atom is 0.119 e. The first-order valence-corrected chi connectivity index (χ1v) is 21.9. The van der Waals surface area contributed by atoms with Gasteiger partial charge in [0.25, 0.3) is 0 Å². The predicted molar refractivity (Wildman–Crippen MR) is 260 cm³/mol. The van der Waals surface area contributed by atoms with E-state index in [1.54, 1.807) is 21.3 Å².